The maximum absolute atomic E-state index is 13.0. The summed E-state index contributed by atoms with van der Waals surface area (Å²) in [7, 11) is 0. The summed E-state index contributed by atoms with van der Waals surface area (Å²) in [5.41, 5.74) is 4.36. The van der Waals surface area contributed by atoms with Crippen LogP contribution in [0.15, 0.2) is 36.4 Å². The lowest BCUT2D eigenvalue weighted by molar-refractivity contribution is -0.133. The summed E-state index contributed by atoms with van der Waals surface area (Å²) in [6.45, 7) is 8.90. The first kappa shape index (κ1) is 18.2. The van der Waals surface area contributed by atoms with Crippen LogP contribution in [0.5, 0.6) is 5.75 Å². The lowest BCUT2D eigenvalue weighted by atomic mass is 10.1. The number of halogens is 1. The fourth-order valence-electron chi connectivity index (χ4n) is 3.25. The Morgan fingerprint density at radius 2 is 1.69 bits per heavy atom. The van der Waals surface area contributed by atoms with Crippen LogP contribution in [-0.2, 0) is 4.79 Å². The highest BCUT2D eigenvalue weighted by Crippen LogP contribution is 2.23. The Hall–Kier alpha value is -2.56. The van der Waals surface area contributed by atoms with Crippen molar-refractivity contribution in [3.8, 4) is 5.75 Å². The van der Waals surface area contributed by atoms with Gasteiger partial charge in [0.15, 0.2) is 6.61 Å². The van der Waals surface area contributed by atoms with Crippen molar-refractivity contribution in [2.24, 2.45) is 0 Å². The number of ether oxygens (including phenoxy) is 1. The van der Waals surface area contributed by atoms with Crippen molar-refractivity contribution >= 4 is 11.6 Å². The van der Waals surface area contributed by atoms with Gasteiger partial charge >= 0.3 is 0 Å². The maximum atomic E-state index is 13.0. The number of nitrogens with zero attached hydrogens (tertiary/aromatic N) is 2. The molecule has 0 unspecified atom stereocenters. The number of rotatable bonds is 4. The fourth-order valence-corrected chi connectivity index (χ4v) is 3.25. The molecule has 3 rings (SSSR count). The van der Waals surface area contributed by atoms with E-state index in [9.17, 15) is 9.18 Å². The molecule has 1 fully saturated rings. The Balaban J connectivity index is 1.53. The molecule has 2 aromatic carbocycles. The Bertz CT molecular complexity index is 781. The molecule has 1 aliphatic heterocycles. The van der Waals surface area contributed by atoms with E-state index in [1.165, 1.54) is 17.7 Å². The van der Waals surface area contributed by atoms with Crippen LogP contribution >= 0.6 is 0 Å². The summed E-state index contributed by atoms with van der Waals surface area (Å²) in [5, 5.41) is 0. The van der Waals surface area contributed by atoms with Crippen LogP contribution < -0.4 is 9.64 Å². The standard InChI is InChI=1S/C21H25FN2O2/c1-15-12-16(2)17(3)20(13-15)26-14-21(25)24-10-8-23(9-11-24)19-6-4-18(22)5-7-19/h4-7,12-13H,8-11,14H2,1-3H3. The van der Waals surface area contributed by atoms with E-state index in [1.807, 2.05) is 31.7 Å². The minimum Gasteiger partial charge on any atom is -0.483 e. The number of hydrogen-bond donors (Lipinski definition) is 0. The van der Waals surface area contributed by atoms with Gasteiger partial charge in [-0.1, -0.05) is 6.07 Å². The third-order valence-corrected chi connectivity index (χ3v) is 4.94. The van der Waals surface area contributed by atoms with Crippen LogP contribution in [0, 0.1) is 26.6 Å². The Kier molecular flexibility index (Phi) is 5.45. The maximum Gasteiger partial charge on any atom is 0.260 e. The van der Waals surface area contributed by atoms with E-state index in [1.54, 1.807) is 12.1 Å². The van der Waals surface area contributed by atoms with Gasteiger partial charge in [-0.05, 0) is 67.8 Å². The number of carbonyl (C=O) groups is 1. The summed E-state index contributed by atoms with van der Waals surface area (Å²) >= 11 is 0. The number of carbonyl (C=O) groups excluding carboxylic acids is 1. The van der Waals surface area contributed by atoms with E-state index in [0.29, 0.717) is 13.1 Å². The molecule has 0 bridgehead atoms. The lowest BCUT2D eigenvalue weighted by Gasteiger charge is -2.36. The Labute approximate surface area is 154 Å². The average Bonchev–Trinajstić information content (AvgIpc) is 2.64. The molecule has 1 aliphatic rings. The first-order valence-corrected chi connectivity index (χ1v) is 8.93. The van der Waals surface area contributed by atoms with Gasteiger partial charge in [0.05, 0.1) is 0 Å². The van der Waals surface area contributed by atoms with E-state index >= 15 is 0 Å². The molecule has 1 saturated heterocycles. The average molecular weight is 356 g/mol. The number of amides is 1. The van der Waals surface area contributed by atoms with E-state index in [-0.39, 0.29) is 18.3 Å². The summed E-state index contributed by atoms with van der Waals surface area (Å²) in [6, 6.07) is 10.6. The summed E-state index contributed by atoms with van der Waals surface area (Å²) < 4.78 is 18.8. The van der Waals surface area contributed by atoms with Crippen LogP contribution in [0.1, 0.15) is 16.7 Å². The van der Waals surface area contributed by atoms with Crippen LogP contribution in [0.2, 0.25) is 0 Å². The third kappa shape index (κ3) is 4.15. The molecule has 138 valence electrons. The monoisotopic (exact) mass is 356 g/mol. The molecule has 5 heteroatoms. The molecular formula is C21H25FN2O2. The summed E-state index contributed by atoms with van der Waals surface area (Å²) in [6.07, 6.45) is 0. The molecule has 0 N–H and O–H groups in total. The van der Waals surface area contributed by atoms with Crippen LogP contribution in [-0.4, -0.2) is 43.6 Å². The Morgan fingerprint density at radius 3 is 2.35 bits per heavy atom. The van der Waals surface area contributed by atoms with Crippen molar-refractivity contribution in [3.05, 3.63) is 58.9 Å². The molecule has 0 saturated carbocycles. The van der Waals surface area contributed by atoms with Crippen molar-refractivity contribution in [1.29, 1.82) is 0 Å². The van der Waals surface area contributed by atoms with Gasteiger partial charge in [0, 0.05) is 31.9 Å². The zero-order valence-corrected chi connectivity index (χ0v) is 15.6. The molecule has 0 aliphatic carbocycles. The highest BCUT2D eigenvalue weighted by molar-refractivity contribution is 5.78. The van der Waals surface area contributed by atoms with Gasteiger partial charge in [-0.15, -0.1) is 0 Å². The van der Waals surface area contributed by atoms with Gasteiger partial charge in [0.1, 0.15) is 11.6 Å². The fraction of sp³-hybridized carbons (Fsp3) is 0.381. The van der Waals surface area contributed by atoms with Gasteiger partial charge in [-0.2, -0.15) is 0 Å². The molecule has 0 atom stereocenters. The predicted molar refractivity (Wildman–Crippen MR) is 101 cm³/mol. The van der Waals surface area contributed by atoms with Crippen molar-refractivity contribution in [1.82, 2.24) is 4.90 Å². The largest absolute Gasteiger partial charge is 0.483 e. The molecule has 0 spiro atoms. The molecular weight excluding hydrogens is 331 g/mol. The smallest absolute Gasteiger partial charge is 0.260 e. The second-order valence-corrected chi connectivity index (χ2v) is 6.84. The SMILES string of the molecule is Cc1cc(C)c(C)c(OCC(=O)N2CCN(c3ccc(F)cc3)CC2)c1. The quantitative estimate of drug-likeness (QED) is 0.841. The van der Waals surface area contributed by atoms with Crippen molar-refractivity contribution in [2.75, 3.05) is 37.7 Å². The number of piperazine rings is 1. The van der Waals surface area contributed by atoms with Crippen LogP contribution in [0.25, 0.3) is 0 Å². The number of anilines is 1. The molecule has 26 heavy (non-hydrogen) atoms. The Morgan fingerprint density at radius 1 is 1.04 bits per heavy atom. The number of aryl methyl sites for hydroxylation is 2. The van der Waals surface area contributed by atoms with Gasteiger partial charge in [0.2, 0.25) is 0 Å². The second kappa shape index (κ2) is 7.77. The molecule has 1 heterocycles. The summed E-state index contributed by atoms with van der Waals surface area (Å²) in [4.78, 5) is 16.5. The van der Waals surface area contributed by atoms with E-state index in [2.05, 4.69) is 11.0 Å². The third-order valence-electron chi connectivity index (χ3n) is 4.94. The number of benzene rings is 2. The first-order chi connectivity index (χ1) is 12.4. The van der Waals surface area contributed by atoms with Gasteiger partial charge in [-0.25, -0.2) is 4.39 Å². The first-order valence-electron chi connectivity index (χ1n) is 8.93. The van der Waals surface area contributed by atoms with Gasteiger partial charge < -0.3 is 14.5 Å². The zero-order chi connectivity index (χ0) is 18.7. The van der Waals surface area contributed by atoms with Gasteiger partial charge in [0.25, 0.3) is 5.91 Å². The molecule has 2 aromatic rings. The van der Waals surface area contributed by atoms with E-state index < -0.39 is 0 Å². The minimum absolute atomic E-state index is 0.00214. The van der Waals surface area contributed by atoms with Gasteiger partial charge in [-0.3, -0.25) is 4.79 Å². The van der Waals surface area contributed by atoms with Crippen molar-refractivity contribution < 1.29 is 13.9 Å². The van der Waals surface area contributed by atoms with E-state index in [0.717, 1.165) is 35.7 Å². The topological polar surface area (TPSA) is 32.8 Å². The highest BCUT2D eigenvalue weighted by Gasteiger charge is 2.22. The zero-order valence-electron chi connectivity index (χ0n) is 15.6. The summed E-state index contributed by atoms with van der Waals surface area (Å²) in [5.74, 6) is 0.546. The van der Waals surface area contributed by atoms with Crippen molar-refractivity contribution in [2.45, 2.75) is 20.8 Å². The van der Waals surface area contributed by atoms with Crippen molar-refractivity contribution in [3.63, 3.8) is 0 Å². The highest BCUT2D eigenvalue weighted by atomic mass is 19.1. The van der Waals surface area contributed by atoms with Crippen LogP contribution in [0.4, 0.5) is 10.1 Å². The predicted octanol–water partition coefficient (Wildman–Crippen LogP) is 3.48. The molecule has 1 amide bonds. The normalized spacial score (nSPS) is 14.5. The minimum atomic E-state index is -0.235. The molecule has 0 radical (unpaired) electrons. The molecule has 0 aromatic heterocycles. The van der Waals surface area contributed by atoms with Crippen LogP contribution in [0.3, 0.4) is 0 Å². The van der Waals surface area contributed by atoms with E-state index in [4.69, 9.17) is 4.74 Å². The lowest BCUT2D eigenvalue weighted by Crippen LogP contribution is -2.50. The molecule has 4 nitrogen and oxygen atoms in total. The number of hydrogen-bond acceptors (Lipinski definition) is 3. The second-order valence-electron chi connectivity index (χ2n) is 6.84.